The fraction of sp³-hybridized carbons (Fsp3) is 0.400. The third kappa shape index (κ3) is 4.13. The van der Waals surface area contributed by atoms with E-state index in [1.54, 1.807) is 12.1 Å². The number of rotatable bonds is 5. The lowest BCUT2D eigenvalue weighted by atomic mass is 10.3. The molecule has 0 aliphatic rings. The van der Waals surface area contributed by atoms with Gasteiger partial charge in [-0.2, -0.15) is 0 Å². The van der Waals surface area contributed by atoms with Crippen LogP contribution in [0.1, 0.15) is 6.42 Å². The Morgan fingerprint density at radius 3 is 2.62 bits per heavy atom. The molecule has 0 fully saturated rings. The van der Waals surface area contributed by atoms with Crippen LogP contribution in [0.4, 0.5) is 4.39 Å². The van der Waals surface area contributed by atoms with Crippen LogP contribution in [0.5, 0.6) is 5.75 Å². The van der Waals surface area contributed by atoms with Gasteiger partial charge in [0.1, 0.15) is 18.5 Å². The molecule has 0 bridgehead atoms. The van der Waals surface area contributed by atoms with Gasteiger partial charge in [-0.1, -0.05) is 18.2 Å². The summed E-state index contributed by atoms with van der Waals surface area (Å²) in [5, 5.41) is 0. The summed E-state index contributed by atoms with van der Waals surface area (Å²) >= 11 is 5.38. The number of benzene rings is 1. The van der Waals surface area contributed by atoms with Gasteiger partial charge in [0.2, 0.25) is 0 Å². The van der Waals surface area contributed by atoms with Crippen molar-refractivity contribution in [3.05, 3.63) is 30.3 Å². The van der Waals surface area contributed by atoms with Gasteiger partial charge < -0.3 is 4.74 Å². The van der Waals surface area contributed by atoms with E-state index >= 15 is 0 Å². The molecule has 0 saturated carbocycles. The highest BCUT2D eigenvalue weighted by Crippen LogP contribution is 2.10. The second kappa shape index (κ2) is 5.81. The Kier molecular flexibility index (Phi) is 4.61. The van der Waals surface area contributed by atoms with Crippen molar-refractivity contribution in [2.45, 2.75) is 12.6 Å². The van der Waals surface area contributed by atoms with E-state index in [1.165, 1.54) is 0 Å². The molecule has 1 aromatic carbocycles. The summed E-state index contributed by atoms with van der Waals surface area (Å²) in [6.45, 7) is 0.0801. The summed E-state index contributed by atoms with van der Waals surface area (Å²) in [5.74, 6) is 1.03. The van der Waals surface area contributed by atoms with Crippen LogP contribution in [0.25, 0.3) is 0 Å². The van der Waals surface area contributed by atoms with Crippen LogP contribution in [0.2, 0.25) is 0 Å². The number of halogens is 2. The van der Waals surface area contributed by atoms with Crippen molar-refractivity contribution in [2.24, 2.45) is 0 Å². The van der Waals surface area contributed by atoms with Gasteiger partial charge in [0.25, 0.3) is 0 Å². The van der Waals surface area contributed by atoms with Crippen molar-refractivity contribution in [3.63, 3.8) is 0 Å². The predicted molar refractivity (Wildman–Crippen MR) is 52.2 cm³/mol. The molecular formula is C10H12ClFO. The van der Waals surface area contributed by atoms with Gasteiger partial charge in [-0.15, -0.1) is 11.6 Å². The summed E-state index contributed by atoms with van der Waals surface area (Å²) in [7, 11) is 0. The van der Waals surface area contributed by atoms with E-state index in [2.05, 4.69) is 0 Å². The van der Waals surface area contributed by atoms with E-state index in [0.29, 0.717) is 18.1 Å². The second-order valence-corrected chi connectivity index (χ2v) is 3.08. The summed E-state index contributed by atoms with van der Waals surface area (Å²) in [5.41, 5.74) is 0. The molecule has 3 heteroatoms. The maximum absolute atomic E-state index is 12.9. The highest BCUT2D eigenvalue weighted by molar-refractivity contribution is 6.17. The molecule has 1 rings (SSSR count). The highest BCUT2D eigenvalue weighted by Gasteiger charge is 2.05. The number of para-hydroxylation sites is 1. The molecule has 1 unspecified atom stereocenters. The molecule has 0 N–H and O–H groups in total. The highest BCUT2D eigenvalue weighted by atomic mass is 35.5. The van der Waals surface area contributed by atoms with Crippen LogP contribution in [0, 0.1) is 0 Å². The smallest absolute Gasteiger partial charge is 0.135 e. The maximum atomic E-state index is 12.9. The van der Waals surface area contributed by atoms with E-state index in [1.807, 2.05) is 18.2 Å². The Morgan fingerprint density at radius 1 is 1.31 bits per heavy atom. The molecule has 0 heterocycles. The normalized spacial score (nSPS) is 12.5. The van der Waals surface area contributed by atoms with Gasteiger partial charge in [-0.05, 0) is 18.6 Å². The van der Waals surface area contributed by atoms with Crippen molar-refractivity contribution < 1.29 is 9.13 Å². The molecule has 13 heavy (non-hydrogen) atoms. The minimum atomic E-state index is -0.974. The molecule has 0 aliphatic heterocycles. The van der Waals surface area contributed by atoms with Crippen LogP contribution >= 0.6 is 11.6 Å². The minimum Gasteiger partial charge on any atom is -0.491 e. The third-order valence-corrected chi connectivity index (χ3v) is 1.81. The van der Waals surface area contributed by atoms with Gasteiger partial charge in [-0.25, -0.2) is 4.39 Å². The summed E-state index contributed by atoms with van der Waals surface area (Å²) in [6, 6.07) is 9.19. The molecule has 1 atom stereocenters. The Hall–Kier alpha value is -0.760. The Bertz CT molecular complexity index is 228. The predicted octanol–water partition coefficient (Wildman–Crippen LogP) is 3.03. The molecule has 1 nitrogen and oxygen atoms in total. The molecule has 0 spiro atoms. The lowest BCUT2D eigenvalue weighted by Gasteiger charge is -2.08. The molecule has 0 saturated heterocycles. The first-order valence-electron chi connectivity index (χ1n) is 4.21. The Morgan fingerprint density at radius 2 is 2.00 bits per heavy atom. The lowest BCUT2D eigenvalue weighted by Crippen LogP contribution is -2.13. The second-order valence-electron chi connectivity index (χ2n) is 2.70. The van der Waals surface area contributed by atoms with E-state index in [4.69, 9.17) is 16.3 Å². The molecule has 1 aromatic rings. The number of hydrogen-bond donors (Lipinski definition) is 0. The molecule has 0 aromatic heterocycles. The van der Waals surface area contributed by atoms with Crippen LogP contribution < -0.4 is 4.74 Å². The Balaban J connectivity index is 2.27. The third-order valence-electron chi connectivity index (χ3n) is 1.60. The lowest BCUT2D eigenvalue weighted by molar-refractivity contribution is 0.192. The van der Waals surface area contributed by atoms with Crippen molar-refractivity contribution in [1.29, 1.82) is 0 Å². The first-order valence-corrected chi connectivity index (χ1v) is 4.74. The molecule has 0 radical (unpaired) electrons. The summed E-state index contributed by atoms with van der Waals surface area (Å²) in [6.07, 6.45) is -0.633. The maximum Gasteiger partial charge on any atom is 0.135 e. The van der Waals surface area contributed by atoms with E-state index in [0.717, 1.165) is 0 Å². The van der Waals surface area contributed by atoms with E-state index < -0.39 is 6.17 Å². The first kappa shape index (κ1) is 10.3. The zero-order valence-electron chi connectivity index (χ0n) is 7.25. The quantitative estimate of drug-likeness (QED) is 0.667. The number of ether oxygens (including phenoxy) is 1. The minimum absolute atomic E-state index is 0.0801. The zero-order valence-corrected chi connectivity index (χ0v) is 8.01. The van der Waals surface area contributed by atoms with Gasteiger partial charge >= 0.3 is 0 Å². The standard InChI is InChI=1S/C10H12ClFO/c11-7-6-9(12)8-13-10-4-2-1-3-5-10/h1-5,9H,6-8H2. The van der Waals surface area contributed by atoms with Crippen LogP contribution in [-0.2, 0) is 0 Å². The SMILES string of the molecule is FC(CCCl)COc1ccccc1. The fourth-order valence-corrected chi connectivity index (χ4v) is 1.14. The van der Waals surface area contributed by atoms with Gasteiger partial charge in [0, 0.05) is 5.88 Å². The first-order chi connectivity index (χ1) is 6.33. The van der Waals surface area contributed by atoms with Crippen molar-refractivity contribution in [1.82, 2.24) is 0 Å². The van der Waals surface area contributed by atoms with Crippen LogP contribution in [-0.4, -0.2) is 18.7 Å². The zero-order chi connectivity index (χ0) is 9.52. The van der Waals surface area contributed by atoms with Crippen molar-refractivity contribution in [3.8, 4) is 5.75 Å². The summed E-state index contributed by atoms with van der Waals surface area (Å²) in [4.78, 5) is 0. The van der Waals surface area contributed by atoms with E-state index in [9.17, 15) is 4.39 Å². The molecular weight excluding hydrogens is 191 g/mol. The van der Waals surface area contributed by atoms with Crippen LogP contribution in [0.3, 0.4) is 0 Å². The molecule has 0 amide bonds. The van der Waals surface area contributed by atoms with E-state index in [-0.39, 0.29) is 6.61 Å². The molecule has 72 valence electrons. The Labute approximate surface area is 82.5 Å². The van der Waals surface area contributed by atoms with Gasteiger partial charge in [0.15, 0.2) is 0 Å². The van der Waals surface area contributed by atoms with Gasteiger partial charge in [0.05, 0.1) is 0 Å². The van der Waals surface area contributed by atoms with Gasteiger partial charge in [-0.3, -0.25) is 0 Å². The number of alkyl halides is 2. The molecule has 0 aliphatic carbocycles. The van der Waals surface area contributed by atoms with Crippen LogP contribution in [0.15, 0.2) is 30.3 Å². The monoisotopic (exact) mass is 202 g/mol. The average Bonchev–Trinajstić information content (AvgIpc) is 2.17. The fourth-order valence-electron chi connectivity index (χ4n) is 0.905. The largest absolute Gasteiger partial charge is 0.491 e. The summed E-state index contributed by atoms with van der Waals surface area (Å²) < 4.78 is 18.1. The van der Waals surface area contributed by atoms with Crippen molar-refractivity contribution in [2.75, 3.05) is 12.5 Å². The average molecular weight is 203 g/mol. The topological polar surface area (TPSA) is 9.23 Å². The van der Waals surface area contributed by atoms with Crippen molar-refractivity contribution >= 4 is 11.6 Å². The number of hydrogen-bond acceptors (Lipinski definition) is 1.